The van der Waals surface area contributed by atoms with Crippen molar-refractivity contribution in [3.8, 4) is 5.75 Å². The maximum absolute atomic E-state index is 12.4. The first-order valence-electron chi connectivity index (χ1n) is 7.51. The second-order valence-corrected chi connectivity index (χ2v) is 6.48. The molecule has 8 heteroatoms. The first-order chi connectivity index (χ1) is 11.5. The van der Waals surface area contributed by atoms with Crippen molar-refractivity contribution in [2.75, 3.05) is 24.3 Å². The van der Waals surface area contributed by atoms with E-state index in [1.807, 2.05) is 0 Å². The number of hydrogen-bond acceptors (Lipinski definition) is 5. The van der Waals surface area contributed by atoms with Crippen molar-refractivity contribution in [1.29, 1.82) is 0 Å². The zero-order valence-corrected chi connectivity index (χ0v) is 14.3. The lowest BCUT2D eigenvalue weighted by Crippen LogP contribution is -2.38. The third-order valence-corrected chi connectivity index (χ3v) is 4.64. The summed E-state index contributed by atoms with van der Waals surface area (Å²) in [5.74, 6) is 0.598. The number of benzene rings is 1. The van der Waals surface area contributed by atoms with E-state index in [0.717, 1.165) is 22.0 Å². The Hall–Kier alpha value is -2.61. The number of carbonyl (C=O) groups excluding carboxylic acids is 2. The second-order valence-electron chi connectivity index (χ2n) is 5.40. The molecule has 0 unspecified atom stereocenters. The molecule has 24 heavy (non-hydrogen) atoms. The van der Waals surface area contributed by atoms with Crippen LogP contribution in [0.4, 0.5) is 15.6 Å². The first kappa shape index (κ1) is 16.3. The highest BCUT2D eigenvalue weighted by Gasteiger charge is 2.24. The van der Waals surface area contributed by atoms with Crippen LogP contribution in [-0.2, 0) is 17.8 Å². The van der Waals surface area contributed by atoms with Gasteiger partial charge in [0.1, 0.15) is 5.75 Å². The summed E-state index contributed by atoms with van der Waals surface area (Å²) in [7, 11) is 1.60. The van der Waals surface area contributed by atoms with Crippen LogP contribution in [0.1, 0.15) is 17.5 Å². The van der Waals surface area contributed by atoms with Gasteiger partial charge in [-0.2, -0.15) is 0 Å². The molecule has 7 nitrogen and oxygen atoms in total. The van der Waals surface area contributed by atoms with Gasteiger partial charge >= 0.3 is 6.03 Å². The Labute approximate surface area is 143 Å². The number of carbonyl (C=O) groups is 2. The molecular formula is C16H18N4O3S. The number of nitrogens with zero attached hydrogens (tertiary/aromatic N) is 2. The van der Waals surface area contributed by atoms with Crippen LogP contribution in [0.5, 0.6) is 5.75 Å². The van der Waals surface area contributed by atoms with Crippen LogP contribution >= 0.6 is 11.3 Å². The van der Waals surface area contributed by atoms with Crippen LogP contribution in [-0.4, -0.2) is 35.5 Å². The molecule has 0 bridgehead atoms. The van der Waals surface area contributed by atoms with Crippen LogP contribution in [0.2, 0.25) is 0 Å². The van der Waals surface area contributed by atoms with Gasteiger partial charge < -0.3 is 20.3 Å². The predicted molar refractivity (Wildman–Crippen MR) is 92.5 cm³/mol. The van der Waals surface area contributed by atoms with Crippen LogP contribution in [0.3, 0.4) is 0 Å². The molecule has 0 spiro atoms. The molecule has 126 valence electrons. The maximum Gasteiger partial charge on any atom is 0.322 e. The van der Waals surface area contributed by atoms with Crippen LogP contribution in [0, 0.1) is 0 Å². The summed E-state index contributed by atoms with van der Waals surface area (Å²) in [4.78, 5) is 30.7. The summed E-state index contributed by atoms with van der Waals surface area (Å²) in [6, 6.07) is 7.04. The molecule has 1 aliphatic heterocycles. The van der Waals surface area contributed by atoms with Gasteiger partial charge in [0, 0.05) is 30.5 Å². The molecule has 3 amide bonds. The average Bonchev–Trinajstić information content (AvgIpc) is 2.95. The molecule has 1 aromatic carbocycles. The lowest BCUT2D eigenvalue weighted by molar-refractivity contribution is -0.114. The van der Waals surface area contributed by atoms with Gasteiger partial charge in [-0.3, -0.25) is 4.79 Å². The van der Waals surface area contributed by atoms with E-state index in [4.69, 9.17) is 4.74 Å². The molecule has 0 saturated carbocycles. The molecule has 2 aromatic rings. The summed E-state index contributed by atoms with van der Waals surface area (Å²) < 4.78 is 5.10. The molecule has 0 aliphatic carbocycles. The smallest absolute Gasteiger partial charge is 0.322 e. The molecule has 2 heterocycles. The van der Waals surface area contributed by atoms with Crippen molar-refractivity contribution in [2.45, 2.75) is 19.9 Å². The third kappa shape index (κ3) is 3.65. The van der Waals surface area contributed by atoms with Gasteiger partial charge in [-0.25, -0.2) is 9.78 Å². The molecule has 2 N–H and O–H groups in total. The number of hydrogen-bond donors (Lipinski definition) is 2. The minimum atomic E-state index is -0.153. The Morgan fingerprint density at radius 3 is 2.67 bits per heavy atom. The van der Waals surface area contributed by atoms with Crippen molar-refractivity contribution < 1.29 is 14.3 Å². The summed E-state index contributed by atoms with van der Waals surface area (Å²) in [5.41, 5.74) is 1.67. The Morgan fingerprint density at radius 1 is 1.25 bits per heavy atom. The molecule has 0 atom stereocenters. The van der Waals surface area contributed by atoms with Crippen molar-refractivity contribution in [3.05, 3.63) is 34.8 Å². The molecule has 1 aliphatic rings. The highest BCUT2D eigenvalue weighted by molar-refractivity contribution is 7.15. The normalized spacial score (nSPS) is 13.2. The highest BCUT2D eigenvalue weighted by atomic mass is 32.1. The molecule has 0 saturated heterocycles. The predicted octanol–water partition coefficient (Wildman–Crippen LogP) is 2.70. The lowest BCUT2D eigenvalue weighted by atomic mass is 10.2. The molecule has 0 radical (unpaired) electrons. The third-order valence-electron chi connectivity index (χ3n) is 3.64. The number of thiazole rings is 1. The number of rotatable bonds is 3. The van der Waals surface area contributed by atoms with Crippen LogP contribution in [0.15, 0.2) is 24.3 Å². The van der Waals surface area contributed by atoms with Gasteiger partial charge in [-0.15, -0.1) is 0 Å². The van der Waals surface area contributed by atoms with E-state index in [1.165, 1.54) is 18.3 Å². The monoisotopic (exact) mass is 346 g/mol. The molecule has 3 rings (SSSR count). The number of amides is 3. The quantitative estimate of drug-likeness (QED) is 0.895. The minimum Gasteiger partial charge on any atom is -0.497 e. The van der Waals surface area contributed by atoms with Gasteiger partial charge in [0.15, 0.2) is 5.13 Å². The van der Waals surface area contributed by atoms with Gasteiger partial charge in [-0.05, 0) is 24.3 Å². The van der Waals surface area contributed by atoms with Crippen molar-refractivity contribution in [2.24, 2.45) is 0 Å². The summed E-state index contributed by atoms with van der Waals surface area (Å²) in [6.45, 7) is 2.54. The largest absolute Gasteiger partial charge is 0.497 e. The zero-order valence-electron chi connectivity index (χ0n) is 13.5. The fourth-order valence-electron chi connectivity index (χ4n) is 2.45. The Bertz CT molecular complexity index is 757. The molecule has 0 fully saturated rings. The number of anilines is 2. The van der Waals surface area contributed by atoms with Gasteiger partial charge in [0.25, 0.3) is 0 Å². The van der Waals surface area contributed by atoms with E-state index in [2.05, 4.69) is 15.6 Å². The van der Waals surface area contributed by atoms with E-state index in [1.54, 1.807) is 36.3 Å². The fraction of sp³-hybridized carbons (Fsp3) is 0.312. The minimum absolute atomic E-state index is 0.143. The van der Waals surface area contributed by atoms with E-state index >= 15 is 0 Å². The number of aromatic nitrogens is 1. The molecule has 1 aromatic heterocycles. The Morgan fingerprint density at radius 2 is 2.00 bits per heavy atom. The van der Waals surface area contributed by atoms with E-state index in [9.17, 15) is 9.59 Å². The number of urea groups is 1. The number of ether oxygens (including phenoxy) is 1. The highest BCUT2D eigenvalue weighted by Crippen LogP contribution is 2.28. The van der Waals surface area contributed by atoms with E-state index in [0.29, 0.717) is 24.6 Å². The van der Waals surface area contributed by atoms with Crippen molar-refractivity contribution in [3.63, 3.8) is 0 Å². The number of fused-ring (bicyclic) bond motifs is 1. The number of methoxy groups -OCH3 is 1. The standard InChI is InChI=1S/C16H18N4O3S/c1-10(21)17-15-19-13-7-8-20(9-14(13)24-15)16(22)18-11-3-5-12(23-2)6-4-11/h3-6H,7-9H2,1-2H3,(H,18,22)(H,17,19,21). The Kier molecular flexibility index (Phi) is 4.66. The average molecular weight is 346 g/mol. The summed E-state index contributed by atoms with van der Waals surface area (Å²) in [6.07, 6.45) is 0.682. The lowest BCUT2D eigenvalue weighted by Gasteiger charge is -2.26. The van der Waals surface area contributed by atoms with Crippen LogP contribution < -0.4 is 15.4 Å². The molecular weight excluding hydrogens is 328 g/mol. The van der Waals surface area contributed by atoms with Crippen LogP contribution in [0.25, 0.3) is 0 Å². The van der Waals surface area contributed by atoms with Crippen molar-refractivity contribution in [1.82, 2.24) is 9.88 Å². The van der Waals surface area contributed by atoms with Gasteiger partial charge in [0.2, 0.25) is 5.91 Å². The topological polar surface area (TPSA) is 83.6 Å². The second kappa shape index (κ2) is 6.88. The zero-order chi connectivity index (χ0) is 17.1. The van der Waals surface area contributed by atoms with Gasteiger partial charge in [-0.1, -0.05) is 11.3 Å². The Balaban J connectivity index is 1.64. The van der Waals surface area contributed by atoms with E-state index < -0.39 is 0 Å². The first-order valence-corrected chi connectivity index (χ1v) is 8.33. The number of nitrogens with one attached hydrogen (secondary N) is 2. The SMILES string of the molecule is COc1ccc(NC(=O)N2CCc3nc(NC(C)=O)sc3C2)cc1. The fourth-order valence-corrected chi connectivity index (χ4v) is 3.52. The van der Waals surface area contributed by atoms with E-state index in [-0.39, 0.29) is 11.9 Å². The summed E-state index contributed by atoms with van der Waals surface area (Å²) in [5, 5.41) is 6.16. The maximum atomic E-state index is 12.4. The van der Waals surface area contributed by atoms with Gasteiger partial charge in [0.05, 0.1) is 19.3 Å². The summed E-state index contributed by atoms with van der Waals surface area (Å²) >= 11 is 1.41. The van der Waals surface area contributed by atoms with Crippen molar-refractivity contribution >= 4 is 34.1 Å².